The molecular formula is C17H21FN4O2. The number of nitrogens with zero attached hydrogens (tertiary/aromatic N) is 3. The first-order chi connectivity index (χ1) is 11.6. The van der Waals surface area contributed by atoms with Crippen LogP contribution < -0.4 is 5.32 Å². The van der Waals surface area contributed by atoms with Gasteiger partial charge in [0, 0.05) is 19.8 Å². The number of amides is 2. The number of rotatable bonds is 3. The van der Waals surface area contributed by atoms with E-state index in [9.17, 15) is 9.18 Å². The first kappa shape index (κ1) is 16.4. The molecule has 0 radical (unpaired) electrons. The van der Waals surface area contributed by atoms with E-state index in [4.69, 9.17) is 4.74 Å². The van der Waals surface area contributed by atoms with Gasteiger partial charge < -0.3 is 15.0 Å². The maximum absolute atomic E-state index is 13.1. The lowest BCUT2D eigenvalue weighted by Gasteiger charge is -2.35. The number of anilines is 1. The van der Waals surface area contributed by atoms with Gasteiger partial charge in [0.15, 0.2) is 0 Å². The number of carbonyl (C=O) groups is 1. The van der Waals surface area contributed by atoms with E-state index in [-0.39, 0.29) is 17.9 Å². The molecule has 128 valence electrons. The Morgan fingerprint density at radius 3 is 2.88 bits per heavy atom. The molecule has 7 heteroatoms. The topological polar surface area (TPSA) is 59.4 Å². The summed E-state index contributed by atoms with van der Waals surface area (Å²) < 4.78 is 20.3. The second-order valence-electron chi connectivity index (χ2n) is 5.78. The van der Waals surface area contributed by atoms with Crippen LogP contribution in [-0.4, -0.2) is 40.5 Å². The van der Waals surface area contributed by atoms with E-state index in [1.165, 1.54) is 12.1 Å². The first-order valence-electron chi connectivity index (χ1n) is 8.02. The van der Waals surface area contributed by atoms with E-state index < -0.39 is 0 Å². The van der Waals surface area contributed by atoms with Gasteiger partial charge in [0.1, 0.15) is 5.82 Å². The van der Waals surface area contributed by atoms with Crippen molar-refractivity contribution in [1.29, 1.82) is 0 Å². The minimum absolute atomic E-state index is 0.199. The normalized spacial score (nSPS) is 17.8. The number of urea groups is 1. The zero-order valence-electron chi connectivity index (χ0n) is 13.8. The van der Waals surface area contributed by atoms with E-state index >= 15 is 0 Å². The molecule has 3 rings (SSSR count). The number of nitrogens with one attached hydrogen (secondary N) is 1. The highest BCUT2D eigenvalue weighted by Gasteiger charge is 2.29. The molecule has 1 aromatic heterocycles. The van der Waals surface area contributed by atoms with Gasteiger partial charge in [-0.1, -0.05) is 19.1 Å². The molecule has 1 aliphatic rings. The van der Waals surface area contributed by atoms with Crippen LogP contribution in [0.15, 0.2) is 30.5 Å². The molecule has 1 atom stereocenters. The summed E-state index contributed by atoms with van der Waals surface area (Å²) in [5, 5.41) is 7.27. The predicted octanol–water partition coefficient (Wildman–Crippen LogP) is 2.73. The van der Waals surface area contributed by atoms with Gasteiger partial charge in [-0.15, -0.1) is 0 Å². The van der Waals surface area contributed by atoms with Crippen LogP contribution in [0, 0.1) is 5.82 Å². The smallest absolute Gasteiger partial charge is 0.322 e. The largest absolute Gasteiger partial charge is 0.377 e. The van der Waals surface area contributed by atoms with E-state index in [1.807, 2.05) is 14.0 Å². The summed E-state index contributed by atoms with van der Waals surface area (Å²) in [5.74, 6) is -0.297. The van der Waals surface area contributed by atoms with Crippen molar-refractivity contribution in [3.05, 3.63) is 47.5 Å². The zero-order chi connectivity index (χ0) is 17.1. The van der Waals surface area contributed by atoms with Gasteiger partial charge in [-0.25, -0.2) is 9.18 Å². The number of aryl methyl sites for hydroxylation is 2. The van der Waals surface area contributed by atoms with Crippen LogP contribution in [-0.2, 0) is 18.2 Å². The lowest BCUT2D eigenvalue weighted by atomic mass is 10.1. The Morgan fingerprint density at radius 2 is 2.17 bits per heavy atom. The lowest BCUT2D eigenvalue weighted by molar-refractivity contribution is 0.0147. The molecule has 1 unspecified atom stereocenters. The summed E-state index contributed by atoms with van der Waals surface area (Å²) in [7, 11) is 1.82. The molecule has 2 aromatic rings. The van der Waals surface area contributed by atoms with E-state index in [0.29, 0.717) is 25.4 Å². The van der Waals surface area contributed by atoms with Crippen molar-refractivity contribution in [2.45, 2.75) is 19.4 Å². The third kappa shape index (κ3) is 3.41. The highest BCUT2D eigenvalue weighted by Crippen LogP contribution is 2.26. The first-order valence-corrected chi connectivity index (χ1v) is 8.02. The molecule has 1 fully saturated rings. The number of halogens is 1. The highest BCUT2D eigenvalue weighted by molar-refractivity contribution is 5.90. The van der Waals surface area contributed by atoms with E-state index in [1.54, 1.807) is 27.9 Å². The van der Waals surface area contributed by atoms with Gasteiger partial charge in [0.2, 0.25) is 0 Å². The van der Waals surface area contributed by atoms with Gasteiger partial charge in [0.05, 0.1) is 30.6 Å². The highest BCUT2D eigenvalue weighted by atomic mass is 19.1. The molecule has 0 saturated carbocycles. The van der Waals surface area contributed by atoms with Crippen LogP contribution >= 0.6 is 0 Å². The van der Waals surface area contributed by atoms with Crippen molar-refractivity contribution in [2.24, 2.45) is 7.05 Å². The number of aromatic nitrogens is 2. The molecule has 1 N–H and O–H groups in total. The van der Waals surface area contributed by atoms with Gasteiger partial charge in [0.25, 0.3) is 0 Å². The Morgan fingerprint density at radius 1 is 1.42 bits per heavy atom. The monoisotopic (exact) mass is 332 g/mol. The van der Waals surface area contributed by atoms with Gasteiger partial charge in [-0.2, -0.15) is 5.10 Å². The molecule has 0 spiro atoms. The Balaban J connectivity index is 1.79. The maximum Gasteiger partial charge on any atom is 0.322 e. The molecule has 24 heavy (non-hydrogen) atoms. The van der Waals surface area contributed by atoms with E-state index in [0.717, 1.165) is 17.7 Å². The van der Waals surface area contributed by atoms with Crippen molar-refractivity contribution in [3.8, 4) is 0 Å². The summed E-state index contributed by atoms with van der Waals surface area (Å²) in [6.07, 6.45) is 2.53. The number of carbonyl (C=O) groups excluding carboxylic acids is 1. The van der Waals surface area contributed by atoms with Crippen LogP contribution in [0.1, 0.15) is 24.2 Å². The number of hydrogen-bond acceptors (Lipinski definition) is 3. The van der Waals surface area contributed by atoms with Crippen LogP contribution in [0.3, 0.4) is 0 Å². The zero-order valence-corrected chi connectivity index (χ0v) is 13.8. The summed E-state index contributed by atoms with van der Waals surface area (Å²) in [5.41, 5.74) is 2.42. The Hall–Kier alpha value is -2.41. The standard InChI is InChI=1S/C17H21FN4O2/c1-3-14-15(10-21(2)20-14)19-17(23)22-8-9-24-11-16(22)12-4-6-13(18)7-5-12/h4-7,10,16H,3,8-9,11H2,1-2H3,(H,19,23). The van der Waals surface area contributed by atoms with E-state index in [2.05, 4.69) is 10.4 Å². The number of hydrogen-bond donors (Lipinski definition) is 1. The summed E-state index contributed by atoms with van der Waals surface area (Å²) in [4.78, 5) is 14.5. The van der Waals surface area contributed by atoms with Gasteiger partial charge in [-0.3, -0.25) is 4.68 Å². The molecule has 0 bridgehead atoms. The minimum atomic E-state index is -0.297. The SMILES string of the molecule is CCc1nn(C)cc1NC(=O)N1CCOCC1c1ccc(F)cc1. The van der Waals surface area contributed by atoms with Crippen molar-refractivity contribution in [2.75, 3.05) is 25.1 Å². The predicted molar refractivity (Wildman–Crippen MR) is 88.3 cm³/mol. The Bertz CT molecular complexity index is 714. The fourth-order valence-corrected chi connectivity index (χ4v) is 2.89. The molecule has 1 aliphatic heterocycles. The van der Waals surface area contributed by atoms with Gasteiger partial charge >= 0.3 is 6.03 Å². The summed E-state index contributed by atoms with van der Waals surface area (Å²) >= 11 is 0. The van der Waals surface area contributed by atoms with Crippen LogP contribution in [0.25, 0.3) is 0 Å². The molecule has 6 nitrogen and oxygen atoms in total. The molecule has 2 heterocycles. The second kappa shape index (κ2) is 7.00. The van der Waals surface area contributed by atoms with Crippen LogP contribution in [0.4, 0.5) is 14.9 Å². The molecule has 1 saturated heterocycles. The minimum Gasteiger partial charge on any atom is -0.377 e. The van der Waals surface area contributed by atoms with Crippen molar-refractivity contribution in [3.63, 3.8) is 0 Å². The summed E-state index contributed by atoms with van der Waals surface area (Å²) in [6.45, 7) is 3.36. The Labute approximate surface area is 140 Å². The average molecular weight is 332 g/mol. The average Bonchev–Trinajstić information content (AvgIpc) is 2.95. The summed E-state index contributed by atoms with van der Waals surface area (Å²) in [6, 6.07) is 5.75. The third-order valence-electron chi connectivity index (χ3n) is 4.13. The fourth-order valence-electron chi connectivity index (χ4n) is 2.89. The quantitative estimate of drug-likeness (QED) is 0.940. The maximum atomic E-state index is 13.1. The lowest BCUT2D eigenvalue weighted by Crippen LogP contribution is -2.45. The Kier molecular flexibility index (Phi) is 4.80. The molecule has 0 aliphatic carbocycles. The molecule has 2 amide bonds. The van der Waals surface area contributed by atoms with Gasteiger partial charge in [-0.05, 0) is 24.1 Å². The van der Waals surface area contributed by atoms with Crippen molar-refractivity contribution >= 4 is 11.7 Å². The number of morpholine rings is 1. The third-order valence-corrected chi connectivity index (χ3v) is 4.13. The van der Waals surface area contributed by atoms with Crippen molar-refractivity contribution < 1.29 is 13.9 Å². The second-order valence-corrected chi connectivity index (χ2v) is 5.78. The number of ether oxygens (including phenoxy) is 1. The van der Waals surface area contributed by atoms with Crippen LogP contribution in [0.2, 0.25) is 0 Å². The molecule has 1 aromatic carbocycles. The van der Waals surface area contributed by atoms with Crippen molar-refractivity contribution in [1.82, 2.24) is 14.7 Å². The molecular weight excluding hydrogens is 311 g/mol. The fraction of sp³-hybridized carbons (Fsp3) is 0.412. The van der Waals surface area contributed by atoms with Crippen LogP contribution in [0.5, 0.6) is 0 Å². The number of benzene rings is 1.